The average Bonchev–Trinajstić information content (AvgIpc) is 2.63. The number of aliphatic carboxylic acids is 1. The monoisotopic (exact) mass is 421 g/mol. The highest BCUT2D eigenvalue weighted by molar-refractivity contribution is 7.80. The van der Waals surface area contributed by atoms with Crippen LogP contribution in [0.2, 0.25) is 0 Å². The number of carboxylic acids is 1. The van der Waals surface area contributed by atoms with E-state index >= 15 is 0 Å². The van der Waals surface area contributed by atoms with Gasteiger partial charge in [0.25, 0.3) is 0 Å². The average molecular weight is 422 g/mol. The fourth-order valence-electron chi connectivity index (χ4n) is 2.11. The Balaban J connectivity index is 4.98. The molecule has 0 spiro atoms. The molecule has 12 heteroatoms. The van der Waals surface area contributed by atoms with Crippen molar-refractivity contribution >= 4 is 36.3 Å². The Morgan fingerprint density at radius 2 is 1.54 bits per heavy atom. The maximum Gasteiger partial charge on any atom is 0.327 e. The maximum atomic E-state index is 12.5. The zero-order valence-electron chi connectivity index (χ0n) is 16.1. The molecule has 0 aliphatic rings. The van der Waals surface area contributed by atoms with E-state index in [1.807, 2.05) is 0 Å². The van der Waals surface area contributed by atoms with Gasteiger partial charge in [-0.05, 0) is 39.7 Å². The molecular formula is C16H31N5O6S. The molecule has 0 aromatic rings. The lowest BCUT2D eigenvalue weighted by atomic mass is 10.1. The number of rotatable bonds is 13. The predicted molar refractivity (Wildman–Crippen MR) is 106 cm³/mol. The molecule has 0 saturated heterocycles. The summed E-state index contributed by atoms with van der Waals surface area (Å²) in [6.07, 6.45) is 0.316. The number of aliphatic hydroxyl groups excluding tert-OH is 1. The number of amides is 3. The van der Waals surface area contributed by atoms with Crippen LogP contribution in [0, 0.1) is 0 Å². The number of nitrogens with one attached hydrogen (secondary N) is 3. The number of unbranched alkanes of at least 4 members (excludes halogenated alkanes) is 1. The molecule has 0 fully saturated rings. The van der Waals surface area contributed by atoms with Crippen molar-refractivity contribution in [1.82, 2.24) is 16.0 Å². The van der Waals surface area contributed by atoms with Crippen LogP contribution in [0.25, 0.3) is 0 Å². The van der Waals surface area contributed by atoms with Crippen molar-refractivity contribution in [3.63, 3.8) is 0 Å². The SMILES string of the molecule is CC(NC(=O)C(CCCCN)NC(=O)C(N)C(C)O)C(=O)NC(CS)C(=O)O. The minimum atomic E-state index is -1.25. The first-order chi connectivity index (χ1) is 13.0. The number of hydrogen-bond donors (Lipinski definition) is 8. The largest absolute Gasteiger partial charge is 0.480 e. The Morgan fingerprint density at radius 3 is 2.00 bits per heavy atom. The molecular weight excluding hydrogens is 390 g/mol. The van der Waals surface area contributed by atoms with E-state index in [4.69, 9.17) is 16.6 Å². The van der Waals surface area contributed by atoms with E-state index in [0.717, 1.165) is 0 Å². The molecule has 5 unspecified atom stereocenters. The molecule has 28 heavy (non-hydrogen) atoms. The van der Waals surface area contributed by atoms with Crippen LogP contribution < -0.4 is 27.4 Å². The zero-order valence-corrected chi connectivity index (χ0v) is 16.9. The second kappa shape index (κ2) is 13.3. The quantitative estimate of drug-likeness (QED) is 0.116. The first kappa shape index (κ1) is 26.1. The van der Waals surface area contributed by atoms with E-state index in [2.05, 4.69) is 28.6 Å². The van der Waals surface area contributed by atoms with Crippen molar-refractivity contribution < 1.29 is 29.4 Å². The third-order valence-electron chi connectivity index (χ3n) is 3.95. The fourth-order valence-corrected chi connectivity index (χ4v) is 2.36. The Morgan fingerprint density at radius 1 is 0.964 bits per heavy atom. The van der Waals surface area contributed by atoms with Gasteiger partial charge in [0.05, 0.1) is 6.10 Å². The van der Waals surface area contributed by atoms with Crippen LogP contribution in [0.5, 0.6) is 0 Å². The number of carbonyl (C=O) groups excluding carboxylic acids is 3. The third-order valence-corrected chi connectivity index (χ3v) is 4.32. The smallest absolute Gasteiger partial charge is 0.327 e. The van der Waals surface area contributed by atoms with Crippen molar-refractivity contribution in [2.75, 3.05) is 12.3 Å². The molecule has 0 saturated carbocycles. The van der Waals surface area contributed by atoms with Crippen molar-refractivity contribution in [2.45, 2.75) is 63.4 Å². The number of aliphatic hydroxyl groups is 1. The molecule has 0 aromatic heterocycles. The van der Waals surface area contributed by atoms with Gasteiger partial charge in [0.1, 0.15) is 24.2 Å². The molecule has 3 amide bonds. The number of thiol groups is 1. The summed E-state index contributed by atoms with van der Waals surface area (Å²) in [5, 5.41) is 25.5. The third kappa shape index (κ3) is 9.35. The molecule has 0 rings (SSSR count). The summed E-state index contributed by atoms with van der Waals surface area (Å²) in [6.45, 7) is 3.14. The second-order valence-electron chi connectivity index (χ2n) is 6.42. The Kier molecular flexibility index (Phi) is 12.4. The number of nitrogens with two attached hydrogens (primary N) is 2. The van der Waals surface area contributed by atoms with Gasteiger partial charge in [-0.15, -0.1) is 0 Å². The van der Waals surface area contributed by atoms with Crippen LogP contribution in [0.4, 0.5) is 0 Å². The predicted octanol–water partition coefficient (Wildman–Crippen LogP) is -2.69. The van der Waals surface area contributed by atoms with Gasteiger partial charge in [0, 0.05) is 5.75 Å². The summed E-state index contributed by atoms with van der Waals surface area (Å²) in [7, 11) is 0. The lowest BCUT2D eigenvalue weighted by molar-refractivity contribution is -0.141. The van der Waals surface area contributed by atoms with Crippen molar-refractivity contribution in [3.05, 3.63) is 0 Å². The van der Waals surface area contributed by atoms with Crippen LogP contribution in [-0.2, 0) is 19.2 Å². The molecule has 5 atom stereocenters. The van der Waals surface area contributed by atoms with E-state index in [9.17, 15) is 24.3 Å². The van der Waals surface area contributed by atoms with Crippen LogP contribution in [0.15, 0.2) is 0 Å². The van der Waals surface area contributed by atoms with Gasteiger partial charge in [-0.3, -0.25) is 14.4 Å². The molecule has 162 valence electrons. The number of carboxylic acid groups (broad SMARTS) is 1. The molecule has 0 aromatic carbocycles. The van der Waals surface area contributed by atoms with Gasteiger partial charge >= 0.3 is 5.97 Å². The summed E-state index contributed by atoms with van der Waals surface area (Å²) in [5.74, 6) is -3.41. The van der Waals surface area contributed by atoms with Gasteiger partial charge in [0.2, 0.25) is 17.7 Å². The molecule has 11 nitrogen and oxygen atoms in total. The van der Waals surface area contributed by atoms with Gasteiger partial charge in [-0.2, -0.15) is 12.6 Å². The first-order valence-electron chi connectivity index (χ1n) is 8.93. The summed E-state index contributed by atoms with van der Waals surface area (Å²) in [4.78, 5) is 47.6. The van der Waals surface area contributed by atoms with Crippen molar-refractivity contribution in [3.8, 4) is 0 Å². The van der Waals surface area contributed by atoms with Crippen molar-refractivity contribution in [1.29, 1.82) is 0 Å². The summed E-state index contributed by atoms with van der Waals surface area (Å²) in [5.41, 5.74) is 11.0. The van der Waals surface area contributed by atoms with Gasteiger partial charge in [0.15, 0.2) is 0 Å². The lowest BCUT2D eigenvalue weighted by Gasteiger charge is -2.24. The minimum Gasteiger partial charge on any atom is -0.480 e. The highest BCUT2D eigenvalue weighted by atomic mass is 32.1. The van der Waals surface area contributed by atoms with E-state index in [1.54, 1.807) is 0 Å². The fraction of sp³-hybridized carbons (Fsp3) is 0.750. The normalized spacial score (nSPS) is 16.2. The highest BCUT2D eigenvalue weighted by Crippen LogP contribution is 2.03. The molecule has 9 N–H and O–H groups in total. The first-order valence-corrected chi connectivity index (χ1v) is 9.56. The molecule has 0 radical (unpaired) electrons. The topological polar surface area (TPSA) is 197 Å². The van der Waals surface area contributed by atoms with Gasteiger partial charge < -0.3 is 37.6 Å². The molecule has 0 heterocycles. The standard InChI is InChI=1S/C16H31N5O6S/c1-8(13(23)21-11(7-28)16(26)27)19-14(24)10(5-3-4-6-17)20-15(25)12(18)9(2)22/h8-12,22,28H,3-7,17-18H2,1-2H3,(H,19,24)(H,20,25)(H,21,23)(H,26,27). The van der Waals surface area contributed by atoms with Gasteiger partial charge in [-0.1, -0.05) is 0 Å². The molecule has 0 aliphatic heterocycles. The van der Waals surface area contributed by atoms with E-state index in [0.29, 0.717) is 19.4 Å². The molecule has 0 aliphatic carbocycles. The Labute approximate surface area is 169 Å². The van der Waals surface area contributed by atoms with E-state index in [-0.39, 0.29) is 12.2 Å². The van der Waals surface area contributed by atoms with Crippen molar-refractivity contribution in [2.24, 2.45) is 11.5 Å². The van der Waals surface area contributed by atoms with E-state index < -0.39 is 54.0 Å². The highest BCUT2D eigenvalue weighted by Gasteiger charge is 2.28. The minimum absolute atomic E-state index is 0.114. The summed E-state index contributed by atoms with van der Waals surface area (Å²) in [6, 6.07) is -4.44. The summed E-state index contributed by atoms with van der Waals surface area (Å²) < 4.78 is 0. The molecule has 0 bridgehead atoms. The van der Waals surface area contributed by atoms with Crippen LogP contribution in [0.3, 0.4) is 0 Å². The Bertz CT molecular complexity index is 548. The lowest BCUT2D eigenvalue weighted by Crippen LogP contribution is -2.57. The van der Waals surface area contributed by atoms with E-state index in [1.165, 1.54) is 13.8 Å². The van der Waals surface area contributed by atoms with Crippen LogP contribution >= 0.6 is 12.6 Å². The number of carbonyl (C=O) groups is 4. The maximum absolute atomic E-state index is 12.5. The summed E-state index contributed by atoms with van der Waals surface area (Å²) >= 11 is 3.85. The van der Waals surface area contributed by atoms with Crippen LogP contribution in [-0.4, -0.2) is 76.5 Å². The number of hydrogen-bond acceptors (Lipinski definition) is 8. The van der Waals surface area contributed by atoms with Crippen LogP contribution in [0.1, 0.15) is 33.1 Å². The second-order valence-corrected chi connectivity index (χ2v) is 6.79. The Hall–Kier alpha value is -1.89. The van der Waals surface area contributed by atoms with Gasteiger partial charge in [-0.25, -0.2) is 4.79 Å². The zero-order chi connectivity index (χ0) is 21.9.